The Hall–Kier alpha value is 0.310. The zero-order valence-electron chi connectivity index (χ0n) is 8.02. The Bertz CT molecular complexity index is 91.6. The van der Waals surface area contributed by atoms with Crippen molar-refractivity contribution in [2.45, 2.75) is 33.6 Å². The standard InChI is InChI=1S/C9H21NS/c1-4-11-8-6-9(2,3)5-7-10/h4-8,10H2,1-3H3. The first-order valence-corrected chi connectivity index (χ1v) is 5.55. The second-order valence-electron chi connectivity index (χ2n) is 3.65. The Kier molecular flexibility index (Phi) is 6.06. The lowest BCUT2D eigenvalue weighted by atomic mass is 9.87. The van der Waals surface area contributed by atoms with Gasteiger partial charge in [-0.2, -0.15) is 11.8 Å². The van der Waals surface area contributed by atoms with E-state index >= 15 is 0 Å². The summed E-state index contributed by atoms with van der Waals surface area (Å²) in [6.07, 6.45) is 2.44. The van der Waals surface area contributed by atoms with Crippen molar-refractivity contribution in [2.24, 2.45) is 11.1 Å². The molecule has 0 saturated heterocycles. The van der Waals surface area contributed by atoms with Crippen molar-refractivity contribution in [3.8, 4) is 0 Å². The quantitative estimate of drug-likeness (QED) is 0.628. The highest BCUT2D eigenvalue weighted by atomic mass is 32.2. The van der Waals surface area contributed by atoms with E-state index in [1.54, 1.807) is 0 Å². The average Bonchev–Trinajstić information content (AvgIpc) is 1.87. The van der Waals surface area contributed by atoms with Crippen LogP contribution in [0.15, 0.2) is 0 Å². The van der Waals surface area contributed by atoms with E-state index in [0.29, 0.717) is 5.41 Å². The van der Waals surface area contributed by atoms with Crippen molar-refractivity contribution in [3.63, 3.8) is 0 Å². The third kappa shape index (κ3) is 6.70. The summed E-state index contributed by atoms with van der Waals surface area (Å²) in [7, 11) is 0. The van der Waals surface area contributed by atoms with E-state index in [0.717, 1.165) is 13.0 Å². The van der Waals surface area contributed by atoms with Gasteiger partial charge < -0.3 is 5.73 Å². The highest BCUT2D eigenvalue weighted by Crippen LogP contribution is 2.25. The molecule has 0 spiro atoms. The van der Waals surface area contributed by atoms with Gasteiger partial charge in [0.25, 0.3) is 0 Å². The Morgan fingerprint density at radius 3 is 2.36 bits per heavy atom. The number of hydrogen-bond donors (Lipinski definition) is 1. The van der Waals surface area contributed by atoms with Gasteiger partial charge in [-0.15, -0.1) is 0 Å². The zero-order valence-corrected chi connectivity index (χ0v) is 8.84. The number of nitrogens with two attached hydrogens (primary N) is 1. The second-order valence-corrected chi connectivity index (χ2v) is 5.04. The lowest BCUT2D eigenvalue weighted by Crippen LogP contribution is -2.17. The van der Waals surface area contributed by atoms with E-state index in [4.69, 9.17) is 5.73 Å². The highest BCUT2D eigenvalue weighted by molar-refractivity contribution is 7.99. The molecule has 0 aromatic rings. The van der Waals surface area contributed by atoms with Crippen LogP contribution in [0.4, 0.5) is 0 Å². The molecule has 11 heavy (non-hydrogen) atoms. The van der Waals surface area contributed by atoms with Gasteiger partial charge in [-0.25, -0.2) is 0 Å². The summed E-state index contributed by atoms with van der Waals surface area (Å²) in [5.41, 5.74) is 5.97. The van der Waals surface area contributed by atoms with Crippen molar-refractivity contribution in [2.75, 3.05) is 18.1 Å². The topological polar surface area (TPSA) is 26.0 Å². The van der Waals surface area contributed by atoms with Crippen LogP contribution in [0, 0.1) is 5.41 Å². The molecule has 0 aromatic heterocycles. The molecule has 1 nitrogen and oxygen atoms in total. The lowest BCUT2D eigenvalue weighted by Gasteiger charge is -2.23. The predicted molar refractivity (Wildman–Crippen MR) is 55.1 cm³/mol. The molecule has 0 unspecified atom stereocenters. The molecule has 2 N–H and O–H groups in total. The number of hydrogen-bond acceptors (Lipinski definition) is 2. The van der Waals surface area contributed by atoms with Crippen molar-refractivity contribution >= 4 is 11.8 Å². The first-order chi connectivity index (χ1) is 5.12. The van der Waals surface area contributed by atoms with Crippen molar-refractivity contribution < 1.29 is 0 Å². The van der Waals surface area contributed by atoms with E-state index in [-0.39, 0.29) is 0 Å². The van der Waals surface area contributed by atoms with E-state index in [1.165, 1.54) is 17.9 Å². The maximum Gasteiger partial charge on any atom is -0.00626 e. The van der Waals surface area contributed by atoms with Crippen LogP contribution in [-0.4, -0.2) is 18.1 Å². The van der Waals surface area contributed by atoms with E-state index in [2.05, 4.69) is 20.8 Å². The summed E-state index contributed by atoms with van der Waals surface area (Å²) in [6, 6.07) is 0. The van der Waals surface area contributed by atoms with Crippen LogP contribution >= 0.6 is 11.8 Å². The summed E-state index contributed by atoms with van der Waals surface area (Å²) >= 11 is 2.02. The molecule has 68 valence electrons. The number of rotatable bonds is 6. The monoisotopic (exact) mass is 175 g/mol. The van der Waals surface area contributed by atoms with Gasteiger partial charge >= 0.3 is 0 Å². The SMILES string of the molecule is CCSCCC(C)(C)CCN. The van der Waals surface area contributed by atoms with Gasteiger partial charge in [-0.3, -0.25) is 0 Å². The third-order valence-electron chi connectivity index (χ3n) is 1.95. The molecular formula is C9H21NS. The van der Waals surface area contributed by atoms with Gasteiger partial charge in [0.05, 0.1) is 0 Å². The number of thioether (sulfide) groups is 1. The fraction of sp³-hybridized carbons (Fsp3) is 1.00. The van der Waals surface area contributed by atoms with Crippen LogP contribution < -0.4 is 5.73 Å². The first-order valence-electron chi connectivity index (χ1n) is 4.40. The summed E-state index contributed by atoms with van der Waals surface area (Å²) in [5, 5.41) is 0. The van der Waals surface area contributed by atoms with Crippen LogP contribution in [0.1, 0.15) is 33.6 Å². The molecule has 2 heteroatoms. The summed E-state index contributed by atoms with van der Waals surface area (Å²) in [4.78, 5) is 0. The average molecular weight is 175 g/mol. The van der Waals surface area contributed by atoms with Gasteiger partial charge in [0.2, 0.25) is 0 Å². The highest BCUT2D eigenvalue weighted by Gasteiger charge is 2.15. The molecule has 0 aliphatic heterocycles. The van der Waals surface area contributed by atoms with E-state index in [1.807, 2.05) is 11.8 Å². The molecule has 0 bridgehead atoms. The van der Waals surface area contributed by atoms with Gasteiger partial charge in [0, 0.05) is 0 Å². The van der Waals surface area contributed by atoms with Crippen molar-refractivity contribution in [1.29, 1.82) is 0 Å². The Labute approximate surface area is 75.1 Å². The van der Waals surface area contributed by atoms with Gasteiger partial charge in [-0.1, -0.05) is 20.8 Å². The van der Waals surface area contributed by atoms with E-state index in [9.17, 15) is 0 Å². The third-order valence-corrected chi connectivity index (χ3v) is 2.85. The molecule has 0 atom stereocenters. The molecule has 0 amide bonds. The Balaban J connectivity index is 3.38. The maximum absolute atomic E-state index is 5.51. The zero-order chi connectivity index (χ0) is 8.74. The first kappa shape index (κ1) is 11.3. The largest absolute Gasteiger partial charge is 0.330 e. The minimum absolute atomic E-state index is 0.455. The Morgan fingerprint density at radius 2 is 1.91 bits per heavy atom. The maximum atomic E-state index is 5.51. The van der Waals surface area contributed by atoms with Gasteiger partial charge in [0.15, 0.2) is 0 Å². The molecule has 0 heterocycles. The summed E-state index contributed by atoms with van der Waals surface area (Å²) in [6.45, 7) is 7.64. The normalized spacial score (nSPS) is 12.0. The molecule has 0 aliphatic carbocycles. The summed E-state index contributed by atoms with van der Waals surface area (Å²) in [5.74, 6) is 2.52. The van der Waals surface area contributed by atoms with Crippen LogP contribution in [0.25, 0.3) is 0 Å². The second kappa shape index (κ2) is 5.90. The van der Waals surface area contributed by atoms with Gasteiger partial charge in [-0.05, 0) is 36.3 Å². The van der Waals surface area contributed by atoms with Gasteiger partial charge in [0.1, 0.15) is 0 Å². The minimum atomic E-state index is 0.455. The molecule has 0 radical (unpaired) electrons. The van der Waals surface area contributed by atoms with E-state index < -0.39 is 0 Å². The predicted octanol–water partition coefficient (Wildman–Crippen LogP) is 2.50. The fourth-order valence-corrected chi connectivity index (χ4v) is 1.99. The smallest absolute Gasteiger partial charge is 0.00626 e. The molecular weight excluding hydrogens is 154 g/mol. The van der Waals surface area contributed by atoms with Crippen LogP contribution in [0.5, 0.6) is 0 Å². The fourth-order valence-electron chi connectivity index (χ4n) is 1.01. The molecule has 0 aliphatic rings. The van der Waals surface area contributed by atoms with Crippen molar-refractivity contribution in [1.82, 2.24) is 0 Å². The molecule has 0 fully saturated rings. The summed E-state index contributed by atoms with van der Waals surface area (Å²) < 4.78 is 0. The molecule has 0 saturated carbocycles. The van der Waals surface area contributed by atoms with Crippen LogP contribution in [-0.2, 0) is 0 Å². The molecule has 0 rings (SSSR count). The van der Waals surface area contributed by atoms with Crippen molar-refractivity contribution in [3.05, 3.63) is 0 Å². The Morgan fingerprint density at radius 1 is 1.27 bits per heavy atom. The van der Waals surface area contributed by atoms with Crippen LogP contribution in [0.2, 0.25) is 0 Å². The lowest BCUT2D eigenvalue weighted by molar-refractivity contribution is 0.331. The minimum Gasteiger partial charge on any atom is -0.330 e. The van der Waals surface area contributed by atoms with Crippen LogP contribution in [0.3, 0.4) is 0 Å². The molecule has 0 aromatic carbocycles.